The number of urea groups is 1. The Balaban J connectivity index is 2.44. The van der Waals surface area contributed by atoms with Crippen LogP contribution in [0.2, 0.25) is 0 Å². The van der Waals surface area contributed by atoms with Crippen molar-refractivity contribution in [3.63, 3.8) is 0 Å². The number of hydrogen-bond acceptors (Lipinski definition) is 2. The topological polar surface area (TPSA) is 69.6 Å². The van der Waals surface area contributed by atoms with Gasteiger partial charge in [-0.2, -0.15) is 0 Å². The zero-order valence-corrected chi connectivity index (χ0v) is 11.9. The van der Waals surface area contributed by atoms with E-state index in [1.54, 1.807) is 4.90 Å². The van der Waals surface area contributed by atoms with Crippen molar-refractivity contribution in [2.24, 2.45) is 11.3 Å². The monoisotopic (exact) mass is 256 g/mol. The third-order valence-electron chi connectivity index (χ3n) is 2.94. The van der Waals surface area contributed by atoms with Crippen LogP contribution in [0.4, 0.5) is 4.79 Å². The average molecular weight is 256 g/mol. The van der Waals surface area contributed by atoms with E-state index in [9.17, 15) is 9.59 Å². The SMILES string of the molecule is CC(C)(C)CC(C)(C)NC(=O)N1CC(C(=O)O)C1. The van der Waals surface area contributed by atoms with Crippen molar-refractivity contribution in [3.8, 4) is 0 Å². The largest absolute Gasteiger partial charge is 0.481 e. The third-order valence-corrected chi connectivity index (χ3v) is 2.94. The van der Waals surface area contributed by atoms with Crippen molar-refractivity contribution in [1.82, 2.24) is 10.2 Å². The maximum atomic E-state index is 11.9. The summed E-state index contributed by atoms with van der Waals surface area (Å²) in [7, 11) is 0. The van der Waals surface area contributed by atoms with E-state index < -0.39 is 11.9 Å². The summed E-state index contributed by atoms with van der Waals surface area (Å²) in [6.45, 7) is 11.0. The Kier molecular flexibility index (Phi) is 3.93. The highest BCUT2D eigenvalue weighted by Gasteiger charge is 2.37. The molecule has 0 unspecified atom stereocenters. The number of carboxylic acid groups (broad SMARTS) is 1. The maximum Gasteiger partial charge on any atom is 0.317 e. The van der Waals surface area contributed by atoms with Gasteiger partial charge in [0.15, 0.2) is 0 Å². The molecule has 0 bridgehead atoms. The van der Waals surface area contributed by atoms with Crippen LogP contribution in [0.3, 0.4) is 0 Å². The molecule has 18 heavy (non-hydrogen) atoms. The van der Waals surface area contributed by atoms with E-state index in [2.05, 4.69) is 26.1 Å². The molecule has 0 aromatic heterocycles. The van der Waals surface area contributed by atoms with Crippen LogP contribution in [-0.2, 0) is 4.79 Å². The minimum Gasteiger partial charge on any atom is -0.481 e. The van der Waals surface area contributed by atoms with E-state index in [-0.39, 0.29) is 17.0 Å². The molecule has 1 fully saturated rings. The summed E-state index contributed by atoms with van der Waals surface area (Å²) >= 11 is 0. The fourth-order valence-electron chi connectivity index (χ4n) is 2.54. The minimum atomic E-state index is -0.826. The molecule has 0 aromatic carbocycles. The number of aliphatic carboxylic acids is 1. The van der Waals surface area contributed by atoms with Gasteiger partial charge >= 0.3 is 12.0 Å². The molecule has 5 nitrogen and oxygen atoms in total. The molecule has 1 saturated heterocycles. The number of rotatable bonds is 3. The summed E-state index contributed by atoms with van der Waals surface area (Å²) < 4.78 is 0. The summed E-state index contributed by atoms with van der Waals surface area (Å²) in [5.41, 5.74) is -0.154. The van der Waals surface area contributed by atoms with Crippen LogP contribution in [-0.4, -0.2) is 40.6 Å². The molecular weight excluding hydrogens is 232 g/mol. The Hall–Kier alpha value is -1.26. The van der Waals surface area contributed by atoms with E-state index in [0.29, 0.717) is 13.1 Å². The predicted octanol–water partition coefficient (Wildman–Crippen LogP) is 1.93. The quantitative estimate of drug-likeness (QED) is 0.810. The summed E-state index contributed by atoms with van der Waals surface area (Å²) in [5, 5.41) is 11.7. The molecule has 1 aliphatic heterocycles. The molecule has 5 heteroatoms. The first-order chi connectivity index (χ1) is 8.00. The predicted molar refractivity (Wildman–Crippen MR) is 69.4 cm³/mol. The second-order valence-electron chi connectivity index (χ2n) is 6.99. The second-order valence-corrected chi connectivity index (χ2v) is 6.99. The van der Waals surface area contributed by atoms with E-state index in [1.165, 1.54) is 0 Å². The molecule has 0 aromatic rings. The van der Waals surface area contributed by atoms with Crippen LogP contribution in [0, 0.1) is 11.3 Å². The number of carbonyl (C=O) groups is 2. The number of carbonyl (C=O) groups excluding carboxylic acids is 1. The number of hydrogen-bond donors (Lipinski definition) is 2. The summed E-state index contributed by atoms with van der Waals surface area (Å²) in [6, 6.07) is -0.165. The van der Waals surface area contributed by atoms with Crippen LogP contribution < -0.4 is 5.32 Å². The van der Waals surface area contributed by atoms with Crippen molar-refractivity contribution in [2.75, 3.05) is 13.1 Å². The zero-order valence-electron chi connectivity index (χ0n) is 11.9. The fourth-order valence-corrected chi connectivity index (χ4v) is 2.54. The maximum absolute atomic E-state index is 11.9. The minimum absolute atomic E-state index is 0.134. The molecular formula is C13H24N2O3. The molecule has 2 N–H and O–H groups in total. The first-order valence-corrected chi connectivity index (χ1v) is 6.30. The fraction of sp³-hybridized carbons (Fsp3) is 0.846. The molecule has 0 aliphatic carbocycles. The molecule has 0 radical (unpaired) electrons. The standard InChI is InChI=1S/C13H24N2O3/c1-12(2,3)8-13(4,5)14-11(18)15-6-9(7-15)10(16)17/h9H,6-8H2,1-5H3,(H,14,18)(H,16,17). The number of likely N-dealkylation sites (tertiary alicyclic amines) is 1. The lowest BCUT2D eigenvalue weighted by atomic mass is 9.82. The normalized spacial score (nSPS) is 17.3. The highest BCUT2D eigenvalue weighted by atomic mass is 16.4. The van der Waals surface area contributed by atoms with Gasteiger partial charge in [-0.15, -0.1) is 0 Å². The van der Waals surface area contributed by atoms with Gasteiger partial charge in [-0.1, -0.05) is 20.8 Å². The highest BCUT2D eigenvalue weighted by Crippen LogP contribution is 2.27. The van der Waals surface area contributed by atoms with E-state index in [0.717, 1.165) is 6.42 Å². The van der Waals surface area contributed by atoms with Gasteiger partial charge in [0.2, 0.25) is 0 Å². The Morgan fingerprint density at radius 3 is 2.11 bits per heavy atom. The number of nitrogens with zero attached hydrogens (tertiary/aromatic N) is 1. The van der Waals surface area contributed by atoms with Gasteiger partial charge in [0.25, 0.3) is 0 Å². The van der Waals surface area contributed by atoms with Gasteiger partial charge in [-0.3, -0.25) is 4.79 Å². The van der Waals surface area contributed by atoms with Crippen molar-refractivity contribution < 1.29 is 14.7 Å². The summed E-state index contributed by atoms with van der Waals surface area (Å²) in [6.07, 6.45) is 0.863. The third kappa shape index (κ3) is 4.20. The lowest BCUT2D eigenvalue weighted by Gasteiger charge is -2.40. The Morgan fingerprint density at radius 2 is 1.72 bits per heavy atom. The molecule has 0 saturated carbocycles. The molecule has 1 aliphatic rings. The second kappa shape index (κ2) is 4.78. The van der Waals surface area contributed by atoms with Crippen LogP contribution in [0.25, 0.3) is 0 Å². The molecule has 1 heterocycles. The van der Waals surface area contributed by atoms with Gasteiger partial charge < -0.3 is 15.3 Å². The summed E-state index contributed by atoms with van der Waals surface area (Å²) in [4.78, 5) is 24.1. The summed E-state index contributed by atoms with van der Waals surface area (Å²) in [5.74, 6) is -1.23. The average Bonchev–Trinajstić information content (AvgIpc) is 1.91. The van der Waals surface area contributed by atoms with E-state index >= 15 is 0 Å². The van der Waals surface area contributed by atoms with Gasteiger partial charge in [0.1, 0.15) is 0 Å². The Labute approximate surface area is 109 Å². The first-order valence-electron chi connectivity index (χ1n) is 6.30. The lowest BCUT2D eigenvalue weighted by molar-refractivity contribution is -0.146. The van der Waals surface area contributed by atoms with Crippen molar-refractivity contribution in [1.29, 1.82) is 0 Å². The van der Waals surface area contributed by atoms with Crippen LogP contribution >= 0.6 is 0 Å². The van der Waals surface area contributed by atoms with E-state index in [1.807, 2.05) is 13.8 Å². The van der Waals surface area contributed by atoms with E-state index in [4.69, 9.17) is 5.11 Å². The smallest absolute Gasteiger partial charge is 0.317 e. The molecule has 0 atom stereocenters. The highest BCUT2D eigenvalue weighted by molar-refractivity contribution is 5.80. The number of nitrogens with one attached hydrogen (secondary N) is 1. The van der Waals surface area contributed by atoms with Gasteiger partial charge in [-0.25, -0.2) is 4.79 Å². The van der Waals surface area contributed by atoms with Gasteiger partial charge in [-0.05, 0) is 25.7 Å². The van der Waals surface area contributed by atoms with Crippen LogP contribution in [0.1, 0.15) is 41.0 Å². The molecule has 2 amide bonds. The van der Waals surface area contributed by atoms with Crippen molar-refractivity contribution in [2.45, 2.75) is 46.6 Å². The van der Waals surface area contributed by atoms with Crippen LogP contribution in [0.5, 0.6) is 0 Å². The van der Waals surface area contributed by atoms with Gasteiger partial charge in [0.05, 0.1) is 5.92 Å². The Morgan fingerprint density at radius 1 is 1.22 bits per heavy atom. The van der Waals surface area contributed by atoms with Crippen molar-refractivity contribution in [3.05, 3.63) is 0 Å². The van der Waals surface area contributed by atoms with Crippen LogP contribution in [0.15, 0.2) is 0 Å². The lowest BCUT2D eigenvalue weighted by Crippen LogP contribution is -2.59. The number of carboxylic acids is 1. The zero-order chi connectivity index (χ0) is 14.1. The molecule has 104 valence electrons. The Bertz CT molecular complexity index is 339. The van der Waals surface area contributed by atoms with Gasteiger partial charge in [0, 0.05) is 18.6 Å². The molecule has 1 rings (SSSR count). The molecule has 0 spiro atoms. The first kappa shape index (κ1) is 14.8. The number of amides is 2. The van der Waals surface area contributed by atoms with Crippen molar-refractivity contribution >= 4 is 12.0 Å².